The van der Waals surface area contributed by atoms with Gasteiger partial charge >= 0.3 is 35.2 Å². The minimum absolute atomic E-state index is 0. The average Bonchev–Trinajstić information content (AvgIpc) is 2.44. The molecule has 0 amide bonds. The van der Waals surface area contributed by atoms with E-state index in [2.05, 4.69) is 4.98 Å². The van der Waals surface area contributed by atoms with Crippen molar-refractivity contribution in [2.75, 3.05) is 0 Å². The molecule has 1 fully saturated rings. The molecule has 0 unspecified atom stereocenters. The fraction of sp³-hybridized carbons (Fsp3) is 0.636. The number of aromatic amines is 1. The predicted octanol–water partition coefficient (Wildman–Crippen LogP) is -2.49. The normalized spacial score (nSPS) is 17.2. The standard InChI is InChI=1S/C11H16N2O3.Na/c14-9-7-10(15)13(11(16)12-9)8-5-3-1-2-4-6-8;/h7-8,15H,1-6H2,(H,12,14,16);/q;+1/p-1. The fourth-order valence-corrected chi connectivity index (χ4v) is 2.35. The molecule has 0 bridgehead atoms. The van der Waals surface area contributed by atoms with Crippen molar-refractivity contribution in [3.8, 4) is 5.88 Å². The Morgan fingerprint density at radius 2 is 1.76 bits per heavy atom. The van der Waals surface area contributed by atoms with Gasteiger partial charge in [-0.25, -0.2) is 4.79 Å². The van der Waals surface area contributed by atoms with Crippen LogP contribution in [0.25, 0.3) is 0 Å². The van der Waals surface area contributed by atoms with Crippen molar-refractivity contribution < 1.29 is 34.7 Å². The average molecular weight is 246 g/mol. The van der Waals surface area contributed by atoms with E-state index in [1.165, 1.54) is 4.57 Å². The van der Waals surface area contributed by atoms with Crippen LogP contribution >= 0.6 is 0 Å². The van der Waals surface area contributed by atoms with Gasteiger partial charge in [0.25, 0.3) is 5.56 Å². The molecule has 6 heteroatoms. The molecule has 2 rings (SSSR count). The number of nitrogens with zero attached hydrogens (tertiary/aromatic N) is 1. The maximum Gasteiger partial charge on any atom is 1.00 e. The van der Waals surface area contributed by atoms with Gasteiger partial charge < -0.3 is 9.67 Å². The molecule has 1 aromatic rings. The third-order valence-electron chi connectivity index (χ3n) is 3.13. The topological polar surface area (TPSA) is 77.9 Å². The Hall–Kier alpha value is -0.520. The van der Waals surface area contributed by atoms with E-state index in [1.807, 2.05) is 0 Å². The molecule has 0 radical (unpaired) electrons. The van der Waals surface area contributed by atoms with Crippen molar-refractivity contribution in [1.82, 2.24) is 9.55 Å². The molecule has 17 heavy (non-hydrogen) atoms. The van der Waals surface area contributed by atoms with Crippen LogP contribution < -0.4 is 45.9 Å². The number of rotatable bonds is 1. The molecule has 0 aromatic carbocycles. The maximum atomic E-state index is 11.6. The van der Waals surface area contributed by atoms with Gasteiger partial charge in [-0.3, -0.25) is 9.78 Å². The van der Waals surface area contributed by atoms with Crippen molar-refractivity contribution in [2.45, 2.75) is 44.6 Å². The van der Waals surface area contributed by atoms with Gasteiger partial charge in [0.2, 0.25) is 0 Å². The van der Waals surface area contributed by atoms with Gasteiger partial charge in [-0.1, -0.05) is 25.7 Å². The van der Waals surface area contributed by atoms with Crippen LogP contribution in [-0.4, -0.2) is 9.55 Å². The number of nitrogens with one attached hydrogen (secondary N) is 1. The van der Waals surface area contributed by atoms with E-state index in [0.717, 1.165) is 44.6 Å². The first kappa shape index (κ1) is 14.5. The number of hydrogen-bond donors (Lipinski definition) is 1. The molecule has 1 aliphatic rings. The van der Waals surface area contributed by atoms with Crippen LogP contribution in [0.1, 0.15) is 44.6 Å². The summed E-state index contributed by atoms with van der Waals surface area (Å²) >= 11 is 0. The summed E-state index contributed by atoms with van der Waals surface area (Å²) in [5.41, 5.74) is -1.18. The Morgan fingerprint density at radius 3 is 2.29 bits per heavy atom. The first-order valence-electron chi connectivity index (χ1n) is 5.71. The zero-order valence-corrected chi connectivity index (χ0v) is 12.1. The van der Waals surface area contributed by atoms with Crippen LogP contribution in [0, 0.1) is 0 Å². The molecule has 1 N–H and O–H groups in total. The molecular formula is C11H15N2NaO3. The molecule has 0 aliphatic heterocycles. The summed E-state index contributed by atoms with van der Waals surface area (Å²) in [4.78, 5) is 24.7. The summed E-state index contributed by atoms with van der Waals surface area (Å²) < 4.78 is 1.20. The molecule has 88 valence electrons. The molecule has 0 atom stereocenters. The van der Waals surface area contributed by atoms with E-state index in [9.17, 15) is 14.7 Å². The summed E-state index contributed by atoms with van der Waals surface area (Å²) in [7, 11) is 0. The summed E-state index contributed by atoms with van der Waals surface area (Å²) in [5, 5.41) is 11.6. The molecular weight excluding hydrogens is 231 g/mol. The van der Waals surface area contributed by atoms with Gasteiger partial charge in [0.05, 0.1) is 0 Å². The zero-order chi connectivity index (χ0) is 11.5. The third-order valence-corrected chi connectivity index (χ3v) is 3.13. The Kier molecular flexibility index (Phi) is 5.49. The van der Waals surface area contributed by atoms with Crippen LogP contribution in [0.15, 0.2) is 15.7 Å². The number of hydrogen-bond acceptors (Lipinski definition) is 3. The van der Waals surface area contributed by atoms with E-state index >= 15 is 0 Å². The van der Waals surface area contributed by atoms with Gasteiger partial charge in [0.15, 0.2) is 0 Å². The van der Waals surface area contributed by atoms with Gasteiger partial charge in [0, 0.05) is 12.1 Å². The summed E-state index contributed by atoms with van der Waals surface area (Å²) in [6, 6.07) is 0.908. The first-order chi connectivity index (χ1) is 7.68. The second kappa shape index (κ2) is 6.42. The van der Waals surface area contributed by atoms with Gasteiger partial charge in [-0.05, 0) is 18.7 Å². The van der Waals surface area contributed by atoms with Crippen LogP contribution in [-0.2, 0) is 0 Å². The molecule has 1 heterocycles. The number of aromatic nitrogens is 2. The van der Waals surface area contributed by atoms with Crippen molar-refractivity contribution in [2.24, 2.45) is 0 Å². The fourth-order valence-electron chi connectivity index (χ4n) is 2.35. The second-order valence-electron chi connectivity index (χ2n) is 4.29. The SMILES string of the molecule is O=c1cc([O-])n(C2CCCCCC2)c(=O)[nH]1.[Na+]. The van der Waals surface area contributed by atoms with E-state index < -0.39 is 17.1 Å². The minimum Gasteiger partial charge on any atom is -0.860 e. The van der Waals surface area contributed by atoms with Gasteiger partial charge in [-0.15, -0.1) is 0 Å². The Morgan fingerprint density at radius 1 is 1.18 bits per heavy atom. The minimum atomic E-state index is -0.611. The molecule has 0 spiro atoms. The van der Waals surface area contributed by atoms with Crippen LogP contribution in [0.2, 0.25) is 0 Å². The van der Waals surface area contributed by atoms with Gasteiger partial charge in [-0.2, -0.15) is 0 Å². The van der Waals surface area contributed by atoms with Crippen molar-refractivity contribution in [1.29, 1.82) is 0 Å². The molecule has 0 saturated heterocycles. The van der Waals surface area contributed by atoms with Crippen molar-refractivity contribution in [3.05, 3.63) is 26.9 Å². The summed E-state index contributed by atoms with van der Waals surface area (Å²) in [6.07, 6.45) is 6.08. The largest absolute Gasteiger partial charge is 1.00 e. The Balaban J connectivity index is 0.00000144. The third kappa shape index (κ3) is 3.47. The maximum absolute atomic E-state index is 11.6. The van der Waals surface area contributed by atoms with E-state index in [4.69, 9.17) is 0 Å². The molecule has 1 saturated carbocycles. The second-order valence-corrected chi connectivity index (χ2v) is 4.29. The van der Waals surface area contributed by atoms with Crippen molar-refractivity contribution >= 4 is 0 Å². The monoisotopic (exact) mass is 246 g/mol. The summed E-state index contributed by atoms with van der Waals surface area (Å²) in [6.45, 7) is 0. The van der Waals surface area contributed by atoms with Crippen LogP contribution in [0.4, 0.5) is 0 Å². The zero-order valence-electron chi connectivity index (χ0n) is 10.1. The first-order valence-corrected chi connectivity index (χ1v) is 5.71. The summed E-state index contributed by atoms with van der Waals surface area (Å²) in [5.74, 6) is -0.472. The predicted molar refractivity (Wildman–Crippen MR) is 57.5 cm³/mol. The quantitative estimate of drug-likeness (QED) is 0.440. The van der Waals surface area contributed by atoms with Crippen LogP contribution in [0.3, 0.4) is 0 Å². The molecule has 5 nitrogen and oxygen atoms in total. The Bertz CT molecular complexity index is 472. The van der Waals surface area contributed by atoms with Crippen LogP contribution in [0.5, 0.6) is 5.88 Å². The molecule has 1 aromatic heterocycles. The van der Waals surface area contributed by atoms with E-state index in [1.54, 1.807) is 0 Å². The van der Waals surface area contributed by atoms with E-state index in [-0.39, 0.29) is 35.6 Å². The van der Waals surface area contributed by atoms with Crippen molar-refractivity contribution in [3.63, 3.8) is 0 Å². The van der Waals surface area contributed by atoms with Gasteiger partial charge in [0.1, 0.15) is 0 Å². The number of H-pyrrole nitrogens is 1. The smallest absolute Gasteiger partial charge is 0.860 e. The Labute approximate surface area is 121 Å². The molecule has 1 aliphatic carbocycles. The van der Waals surface area contributed by atoms with E-state index in [0.29, 0.717) is 0 Å².